The lowest BCUT2D eigenvalue weighted by Gasteiger charge is -2.03. The second kappa shape index (κ2) is 6.55. The summed E-state index contributed by atoms with van der Waals surface area (Å²) in [6.45, 7) is 2.46. The number of halogens is 1. The lowest BCUT2D eigenvalue weighted by atomic mass is 10.2. The van der Waals surface area contributed by atoms with Crippen LogP contribution in [0.15, 0.2) is 24.3 Å². The van der Waals surface area contributed by atoms with E-state index in [0.717, 1.165) is 27.7 Å². The summed E-state index contributed by atoms with van der Waals surface area (Å²) < 4.78 is 5.64. The Morgan fingerprint density at radius 2 is 2.11 bits per heavy atom. The quantitative estimate of drug-likeness (QED) is 0.836. The number of ether oxygens (including phenoxy) is 1. The number of aryl methyl sites for hydroxylation is 1. The van der Waals surface area contributed by atoms with Crippen LogP contribution in [0, 0.1) is 11.3 Å². The van der Waals surface area contributed by atoms with Crippen molar-refractivity contribution in [1.82, 2.24) is 4.98 Å². The van der Waals surface area contributed by atoms with Crippen molar-refractivity contribution >= 4 is 22.9 Å². The lowest BCUT2D eigenvalue weighted by Crippen LogP contribution is -1.95. The van der Waals surface area contributed by atoms with E-state index in [1.54, 1.807) is 23.5 Å². The van der Waals surface area contributed by atoms with Gasteiger partial charge in [0, 0.05) is 9.90 Å². The van der Waals surface area contributed by atoms with Crippen LogP contribution in [0.25, 0.3) is 0 Å². The summed E-state index contributed by atoms with van der Waals surface area (Å²) in [5.41, 5.74) is 1.00. The van der Waals surface area contributed by atoms with Gasteiger partial charge in [0.05, 0.1) is 18.2 Å². The van der Waals surface area contributed by atoms with E-state index in [0.29, 0.717) is 18.1 Å². The summed E-state index contributed by atoms with van der Waals surface area (Å²) in [4.78, 5) is 5.54. The van der Waals surface area contributed by atoms with Gasteiger partial charge in [0.1, 0.15) is 17.4 Å². The Bertz CT molecular complexity index is 586. The molecule has 3 nitrogen and oxygen atoms in total. The largest absolute Gasteiger partial charge is 0.486 e. The number of hydrogen-bond acceptors (Lipinski definition) is 4. The van der Waals surface area contributed by atoms with Crippen LogP contribution in [-0.2, 0) is 19.4 Å². The van der Waals surface area contributed by atoms with Crippen LogP contribution in [0.4, 0.5) is 0 Å². The van der Waals surface area contributed by atoms with Gasteiger partial charge < -0.3 is 4.74 Å². The van der Waals surface area contributed by atoms with Crippen LogP contribution >= 0.6 is 22.9 Å². The number of nitrogens with zero attached hydrogens (tertiary/aromatic N) is 2. The molecular formula is C14H13ClN2OS. The first-order valence-electron chi connectivity index (χ1n) is 5.95. The molecule has 0 aliphatic carbocycles. The van der Waals surface area contributed by atoms with E-state index in [-0.39, 0.29) is 0 Å². The molecule has 19 heavy (non-hydrogen) atoms. The van der Waals surface area contributed by atoms with Gasteiger partial charge in [-0.05, 0) is 30.7 Å². The van der Waals surface area contributed by atoms with E-state index >= 15 is 0 Å². The van der Waals surface area contributed by atoms with Crippen molar-refractivity contribution < 1.29 is 4.74 Å². The summed E-state index contributed by atoms with van der Waals surface area (Å²) >= 11 is 7.36. The van der Waals surface area contributed by atoms with Crippen molar-refractivity contribution in [2.24, 2.45) is 0 Å². The highest BCUT2D eigenvalue weighted by Crippen LogP contribution is 2.22. The molecule has 0 N–H and O–H groups in total. The predicted octanol–water partition coefficient (Wildman–Crippen LogP) is 4.00. The molecule has 98 valence electrons. The van der Waals surface area contributed by atoms with Gasteiger partial charge in [-0.15, -0.1) is 11.3 Å². The molecule has 1 heterocycles. The standard InChI is InChI=1S/C14H13ClN2OS/c1-2-12-13(7-8-16)19-14(17-12)9-18-11-5-3-10(15)4-6-11/h3-6H,2,7,9H2,1H3. The SMILES string of the molecule is CCc1nc(COc2ccc(Cl)cc2)sc1CC#N. The number of rotatable bonds is 5. The molecule has 2 rings (SSSR count). The van der Waals surface area contributed by atoms with Crippen molar-refractivity contribution in [3.05, 3.63) is 44.9 Å². The van der Waals surface area contributed by atoms with Crippen molar-refractivity contribution in [2.75, 3.05) is 0 Å². The molecule has 0 saturated carbocycles. The Balaban J connectivity index is 2.03. The first-order valence-corrected chi connectivity index (χ1v) is 7.15. The summed E-state index contributed by atoms with van der Waals surface area (Å²) in [5.74, 6) is 0.763. The van der Waals surface area contributed by atoms with Gasteiger partial charge in [-0.25, -0.2) is 4.98 Å². The first-order chi connectivity index (χ1) is 9.22. The number of hydrogen-bond donors (Lipinski definition) is 0. The van der Waals surface area contributed by atoms with Gasteiger partial charge in [-0.1, -0.05) is 18.5 Å². The highest BCUT2D eigenvalue weighted by Gasteiger charge is 2.09. The van der Waals surface area contributed by atoms with Crippen molar-refractivity contribution in [1.29, 1.82) is 5.26 Å². The molecule has 0 fully saturated rings. The summed E-state index contributed by atoms with van der Waals surface area (Å²) in [6, 6.07) is 9.40. The van der Waals surface area contributed by atoms with E-state index in [1.165, 1.54) is 0 Å². The first kappa shape index (κ1) is 13.9. The molecule has 0 aliphatic heterocycles. The van der Waals surface area contributed by atoms with Gasteiger partial charge in [0.2, 0.25) is 0 Å². The molecule has 2 aromatic rings. The zero-order valence-corrected chi connectivity index (χ0v) is 12.1. The Labute approximate surface area is 121 Å². The Kier molecular flexibility index (Phi) is 4.78. The molecule has 1 aromatic carbocycles. The van der Waals surface area contributed by atoms with Crippen LogP contribution in [0.2, 0.25) is 5.02 Å². The van der Waals surface area contributed by atoms with Crippen molar-refractivity contribution in [3.63, 3.8) is 0 Å². The van der Waals surface area contributed by atoms with Gasteiger partial charge in [-0.2, -0.15) is 5.26 Å². The Morgan fingerprint density at radius 3 is 2.74 bits per heavy atom. The molecule has 0 atom stereocenters. The number of aromatic nitrogens is 1. The van der Waals surface area contributed by atoms with Crippen LogP contribution < -0.4 is 4.74 Å². The minimum Gasteiger partial charge on any atom is -0.486 e. The van der Waals surface area contributed by atoms with Crippen molar-refractivity contribution in [3.8, 4) is 11.8 Å². The second-order valence-electron chi connectivity index (χ2n) is 3.91. The molecule has 0 saturated heterocycles. The maximum Gasteiger partial charge on any atom is 0.140 e. The van der Waals surface area contributed by atoms with Gasteiger partial charge >= 0.3 is 0 Å². The van der Waals surface area contributed by atoms with Gasteiger partial charge in [-0.3, -0.25) is 0 Å². The van der Waals surface area contributed by atoms with E-state index < -0.39 is 0 Å². The molecule has 0 spiro atoms. The van der Waals surface area contributed by atoms with E-state index in [4.69, 9.17) is 21.6 Å². The Hall–Kier alpha value is -1.57. The van der Waals surface area contributed by atoms with Crippen LogP contribution in [0.3, 0.4) is 0 Å². The normalized spacial score (nSPS) is 10.2. The summed E-state index contributed by atoms with van der Waals surface area (Å²) in [6.07, 6.45) is 1.26. The number of nitriles is 1. The smallest absolute Gasteiger partial charge is 0.140 e. The fourth-order valence-electron chi connectivity index (χ4n) is 1.66. The molecule has 1 aromatic heterocycles. The monoisotopic (exact) mass is 292 g/mol. The molecular weight excluding hydrogens is 280 g/mol. The topological polar surface area (TPSA) is 45.9 Å². The zero-order chi connectivity index (χ0) is 13.7. The third-order valence-electron chi connectivity index (χ3n) is 2.57. The van der Waals surface area contributed by atoms with Gasteiger partial charge in [0.25, 0.3) is 0 Å². The highest BCUT2D eigenvalue weighted by molar-refractivity contribution is 7.11. The third-order valence-corrected chi connectivity index (χ3v) is 3.90. The lowest BCUT2D eigenvalue weighted by molar-refractivity contribution is 0.305. The van der Waals surface area contributed by atoms with E-state index in [1.807, 2.05) is 19.1 Å². The van der Waals surface area contributed by atoms with Crippen molar-refractivity contribution in [2.45, 2.75) is 26.4 Å². The second-order valence-corrected chi connectivity index (χ2v) is 5.51. The minimum atomic E-state index is 0.418. The molecule has 0 aliphatic rings. The molecule has 0 unspecified atom stereocenters. The third kappa shape index (κ3) is 3.69. The molecule has 0 amide bonds. The predicted molar refractivity (Wildman–Crippen MR) is 76.6 cm³/mol. The Morgan fingerprint density at radius 1 is 1.37 bits per heavy atom. The summed E-state index contributed by atoms with van der Waals surface area (Å²) in [7, 11) is 0. The number of thiazole rings is 1. The van der Waals surface area contributed by atoms with Crippen LogP contribution in [-0.4, -0.2) is 4.98 Å². The molecule has 5 heteroatoms. The number of benzene rings is 1. The van der Waals surface area contributed by atoms with Crippen LogP contribution in [0.1, 0.15) is 22.5 Å². The zero-order valence-electron chi connectivity index (χ0n) is 10.5. The molecule has 0 radical (unpaired) electrons. The van der Waals surface area contributed by atoms with E-state index in [2.05, 4.69) is 11.1 Å². The maximum atomic E-state index is 8.77. The highest BCUT2D eigenvalue weighted by atomic mass is 35.5. The minimum absolute atomic E-state index is 0.418. The van der Waals surface area contributed by atoms with Crippen LogP contribution in [0.5, 0.6) is 5.75 Å². The van der Waals surface area contributed by atoms with Gasteiger partial charge in [0.15, 0.2) is 0 Å². The summed E-state index contributed by atoms with van der Waals surface area (Å²) in [5, 5.41) is 10.4. The molecule has 0 bridgehead atoms. The average Bonchev–Trinajstić information content (AvgIpc) is 2.81. The fourth-order valence-corrected chi connectivity index (χ4v) is 2.79. The van der Waals surface area contributed by atoms with E-state index in [9.17, 15) is 0 Å². The average molecular weight is 293 g/mol. The maximum absolute atomic E-state index is 8.77. The fraction of sp³-hybridized carbons (Fsp3) is 0.286.